The number of hydrogen-bond acceptors (Lipinski definition) is 8. The van der Waals surface area contributed by atoms with Crippen LogP contribution in [0.3, 0.4) is 0 Å². The number of fused-ring (bicyclic) bond motifs is 2. The highest BCUT2D eigenvalue weighted by Gasteiger charge is 2.28. The Labute approximate surface area is 312 Å². The van der Waals surface area contributed by atoms with Gasteiger partial charge in [0.05, 0.1) is 25.9 Å². The highest BCUT2D eigenvalue weighted by atomic mass is 127. The van der Waals surface area contributed by atoms with Crippen molar-refractivity contribution in [1.29, 1.82) is 0 Å². The molecule has 2 heterocycles. The summed E-state index contributed by atoms with van der Waals surface area (Å²) >= 11 is 2.15. The number of benzene rings is 2. The lowest BCUT2D eigenvalue weighted by atomic mass is 9.90. The third-order valence-electron chi connectivity index (χ3n) is 8.56. The van der Waals surface area contributed by atoms with Gasteiger partial charge in [0.25, 0.3) is 0 Å². The van der Waals surface area contributed by atoms with Gasteiger partial charge in [-0.05, 0) is 105 Å². The summed E-state index contributed by atoms with van der Waals surface area (Å²) in [6.45, 7) is 1.25. The van der Waals surface area contributed by atoms with Gasteiger partial charge in [-0.3, -0.25) is 14.4 Å². The number of nitrogens with one attached hydrogen (secondary N) is 3. The Morgan fingerprint density at radius 2 is 1.47 bits per heavy atom. The van der Waals surface area contributed by atoms with Crippen molar-refractivity contribution in [3.05, 3.63) is 59.9 Å². The number of aromatic hydroxyl groups is 2. The van der Waals surface area contributed by atoms with Crippen LogP contribution in [0.4, 0.5) is 4.39 Å². The van der Waals surface area contributed by atoms with Crippen LogP contribution in [-0.2, 0) is 36.7 Å². The molecule has 0 fully saturated rings. The van der Waals surface area contributed by atoms with Gasteiger partial charge >= 0.3 is 0 Å². The van der Waals surface area contributed by atoms with E-state index in [1.165, 1.54) is 0 Å². The Morgan fingerprint density at radius 1 is 0.863 bits per heavy atom. The van der Waals surface area contributed by atoms with Gasteiger partial charge in [-0.2, -0.15) is 0 Å². The third-order valence-corrected chi connectivity index (χ3v) is 8.56. The van der Waals surface area contributed by atoms with Crippen molar-refractivity contribution in [1.82, 2.24) is 20.2 Å². The van der Waals surface area contributed by atoms with Crippen molar-refractivity contribution in [3.63, 3.8) is 0 Å². The maximum atomic E-state index is 14.0. The summed E-state index contributed by atoms with van der Waals surface area (Å²) in [5.41, 5.74) is 3.08. The highest BCUT2D eigenvalue weighted by Crippen LogP contribution is 2.28. The molecule has 0 aliphatic heterocycles. The first-order valence-corrected chi connectivity index (χ1v) is 19.5. The second kappa shape index (κ2) is 22.4. The zero-order chi connectivity index (χ0) is 37.2. The molecule has 0 unspecified atom stereocenters. The number of ether oxygens (including phenoxy) is 2. The topological polar surface area (TPSA) is 157 Å². The first-order valence-electron chi connectivity index (χ1n) is 17.3. The van der Waals surface area contributed by atoms with Gasteiger partial charge in [-0.25, -0.2) is 4.39 Å². The van der Waals surface area contributed by atoms with E-state index in [1.54, 1.807) is 48.8 Å². The molecular formula is C38H52FIN4O7. The molecule has 4 aromatic rings. The number of nitrogens with zero attached hydrogens (tertiary/aromatic N) is 1. The number of ketones is 2. The molecule has 2 aromatic carbocycles. The van der Waals surface area contributed by atoms with Crippen LogP contribution >= 0.6 is 22.6 Å². The molecule has 0 spiro atoms. The monoisotopic (exact) mass is 821 g/mol. The zero-order valence-corrected chi connectivity index (χ0v) is 32.0. The third kappa shape index (κ3) is 13.8. The first kappa shape index (κ1) is 41.9. The molecule has 51 heavy (non-hydrogen) atoms. The van der Waals surface area contributed by atoms with Gasteiger partial charge in [0.1, 0.15) is 24.0 Å². The molecule has 2 atom stereocenters. The fourth-order valence-electron chi connectivity index (χ4n) is 6.01. The first-order chi connectivity index (χ1) is 24.6. The molecule has 280 valence electrons. The molecule has 11 nitrogen and oxygen atoms in total. The number of halogens is 2. The van der Waals surface area contributed by atoms with E-state index in [0.29, 0.717) is 26.1 Å². The zero-order valence-electron chi connectivity index (χ0n) is 29.8. The van der Waals surface area contributed by atoms with Crippen molar-refractivity contribution in [3.8, 4) is 11.5 Å². The van der Waals surface area contributed by atoms with E-state index in [-0.39, 0.29) is 67.9 Å². The summed E-state index contributed by atoms with van der Waals surface area (Å²) in [6, 6.07) is 9.16. The fourth-order valence-corrected chi connectivity index (χ4v) is 6.01. The Hall–Kier alpha value is -3.53. The average Bonchev–Trinajstić information content (AvgIpc) is 3.70. The lowest BCUT2D eigenvalue weighted by molar-refractivity contribution is -0.132. The number of carbonyl (C=O) groups is 3. The van der Waals surface area contributed by atoms with Gasteiger partial charge in [0.15, 0.2) is 5.78 Å². The van der Waals surface area contributed by atoms with E-state index < -0.39 is 18.6 Å². The summed E-state index contributed by atoms with van der Waals surface area (Å²) in [5.74, 6) is -1.24. The largest absolute Gasteiger partial charge is 0.508 e. The van der Waals surface area contributed by atoms with Crippen LogP contribution in [0.5, 0.6) is 11.5 Å². The van der Waals surface area contributed by atoms with Crippen LogP contribution in [0.2, 0.25) is 0 Å². The maximum absolute atomic E-state index is 14.0. The van der Waals surface area contributed by atoms with Crippen molar-refractivity contribution in [2.24, 2.45) is 5.92 Å². The number of carbonyl (C=O) groups excluding carboxylic acids is 3. The van der Waals surface area contributed by atoms with E-state index in [2.05, 4.69) is 42.8 Å². The minimum absolute atomic E-state index is 0.0278. The number of phenols is 2. The number of phenolic OH excluding ortho intramolecular Hbond substituents is 2. The number of rotatable bonds is 23. The Bertz CT molecular complexity index is 1670. The van der Waals surface area contributed by atoms with Crippen molar-refractivity contribution in [2.45, 2.75) is 57.4 Å². The molecule has 0 aliphatic carbocycles. The SMILES string of the molecule is CI.CN(C)CCCC[C@H](NC(=O)[C@@H](CC(=O)Cc1c[nH]c2ccc(O)cc12)Cc1c[nH]c2ccc(O)cc12)C(=O)CCCOCCOCC[18F]. The Kier molecular flexibility index (Phi) is 18.4. The normalized spacial score (nSPS) is 12.5. The Balaban J connectivity index is 0.00000345. The second-order valence-corrected chi connectivity index (χ2v) is 12.8. The molecule has 0 saturated carbocycles. The lowest BCUT2D eigenvalue weighted by Gasteiger charge is -2.22. The number of H-pyrrole nitrogens is 2. The minimum atomic E-state index is -0.780. The van der Waals surface area contributed by atoms with Crippen molar-refractivity contribution >= 4 is 61.9 Å². The molecule has 0 radical (unpaired) electrons. The summed E-state index contributed by atoms with van der Waals surface area (Å²) in [6.07, 6.45) is 6.47. The van der Waals surface area contributed by atoms with Gasteiger partial charge in [0, 0.05) is 66.0 Å². The molecule has 0 bridgehead atoms. The van der Waals surface area contributed by atoms with Gasteiger partial charge in [0.2, 0.25) is 5.91 Å². The van der Waals surface area contributed by atoms with E-state index in [9.17, 15) is 29.0 Å². The number of aromatic amines is 2. The predicted octanol–water partition coefficient (Wildman–Crippen LogP) is 6.04. The summed E-state index contributed by atoms with van der Waals surface area (Å²) in [5, 5.41) is 24.6. The van der Waals surface area contributed by atoms with Crippen LogP contribution in [0, 0.1) is 5.92 Å². The van der Waals surface area contributed by atoms with E-state index in [0.717, 1.165) is 52.3 Å². The fraction of sp³-hybridized carbons (Fsp3) is 0.500. The standard InChI is InChI=1S/C37H49FN4O7.CH3I/c1-42(2)13-4-3-6-35(36(46)7-5-14-48-16-17-49-15-12-38)41-37(47)25(18-26-23-39-33-10-8-28(43)21-31(26)33)19-30(45)20-27-24-40-34-11-9-29(44)22-32(27)34;1-2/h8-11,21-25,35,39-40,43-44H,3-7,12-20H2,1-2H3,(H,41,47);1H3/t25-,35+;/m1./s1/i38-1;. The maximum Gasteiger partial charge on any atom is 0.224 e. The average molecular weight is 822 g/mol. The van der Waals surface area contributed by atoms with Gasteiger partial charge < -0.3 is 39.9 Å². The van der Waals surface area contributed by atoms with Crippen LogP contribution in [-0.4, -0.2) is 107 Å². The molecule has 0 aliphatic rings. The van der Waals surface area contributed by atoms with Crippen LogP contribution in [0.15, 0.2) is 48.8 Å². The van der Waals surface area contributed by atoms with Crippen LogP contribution in [0.1, 0.15) is 49.7 Å². The lowest BCUT2D eigenvalue weighted by Crippen LogP contribution is -2.44. The summed E-state index contributed by atoms with van der Waals surface area (Å²) in [7, 11) is 3.97. The van der Waals surface area contributed by atoms with E-state index >= 15 is 0 Å². The molecule has 13 heteroatoms. The second-order valence-electron chi connectivity index (χ2n) is 12.8. The van der Waals surface area contributed by atoms with Gasteiger partial charge in [-0.15, -0.1) is 0 Å². The smallest absolute Gasteiger partial charge is 0.224 e. The van der Waals surface area contributed by atoms with Crippen molar-refractivity contribution in [2.75, 3.05) is 58.7 Å². The molecular weight excluding hydrogens is 769 g/mol. The molecule has 1 amide bonds. The van der Waals surface area contributed by atoms with E-state index in [4.69, 9.17) is 9.47 Å². The summed E-state index contributed by atoms with van der Waals surface area (Å²) < 4.78 is 22.8. The highest BCUT2D eigenvalue weighted by molar-refractivity contribution is 14.1. The molecule has 0 saturated heterocycles. The number of hydrogen-bond donors (Lipinski definition) is 5. The Morgan fingerprint density at radius 3 is 2.10 bits per heavy atom. The number of unbranched alkanes of at least 4 members (excludes halogenated alkanes) is 1. The van der Waals surface area contributed by atoms with Crippen molar-refractivity contribution < 1.29 is 38.5 Å². The molecule has 2 aromatic heterocycles. The number of amides is 1. The van der Waals surface area contributed by atoms with Crippen LogP contribution in [0.25, 0.3) is 21.8 Å². The van der Waals surface area contributed by atoms with Crippen LogP contribution < -0.4 is 5.32 Å². The number of aromatic nitrogens is 2. The minimum Gasteiger partial charge on any atom is -0.508 e. The number of Topliss-reactive ketones (excluding diaryl/α,β-unsaturated/α-hetero) is 2. The number of alkyl halides is 2. The summed E-state index contributed by atoms with van der Waals surface area (Å²) in [4.78, 5) is 51.4. The van der Waals surface area contributed by atoms with Gasteiger partial charge in [-0.1, -0.05) is 22.6 Å². The predicted molar refractivity (Wildman–Crippen MR) is 207 cm³/mol. The van der Waals surface area contributed by atoms with E-state index in [1.807, 2.05) is 19.0 Å². The molecule has 4 rings (SSSR count). The molecule has 5 N–H and O–H groups in total. The quantitative estimate of drug-likeness (QED) is 0.0345.